The molecule has 0 bridgehead atoms. The summed E-state index contributed by atoms with van der Waals surface area (Å²) in [6.45, 7) is 0.622. The number of methoxy groups -OCH3 is 2. The molecule has 2 aromatic rings. The highest BCUT2D eigenvalue weighted by Crippen LogP contribution is 2.27. The van der Waals surface area contributed by atoms with Crippen LogP contribution < -0.4 is 14.8 Å². The maximum Gasteiger partial charge on any atom is 0.220 e. The number of carbonyl (C=O) groups excluding carboxylic acids is 1. The van der Waals surface area contributed by atoms with Crippen LogP contribution in [-0.2, 0) is 17.6 Å². The Bertz CT molecular complexity index is 686. The third-order valence-electron chi connectivity index (χ3n) is 3.97. The fourth-order valence-corrected chi connectivity index (χ4v) is 2.55. The Morgan fingerprint density at radius 2 is 1.64 bits per heavy atom. The molecule has 0 fully saturated rings. The lowest BCUT2D eigenvalue weighted by Crippen LogP contribution is -2.24. The van der Waals surface area contributed by atoms with E-state index < -0.39 is 0 Å². The van der Waals surface area contributed by atoms with Gasteiger partial charge in [0.05, 0.1) is 14.2 Å². The molecule has 0 spiro atoms. The summed E-state index contributed by atoms with van der Waals surface area (Å²) in [4.78, 5) is 11.9. The highest BCUT2D eigenvalue weighted by molar-refractivity contribution is 5.76. The van der Waals surface area contributed by atoms with E-state index in [9.17, 15) is 9.18 Å². The summed E-state index contributed by atoms with van der Waals surface area (Å²) in [6.07, 6.45) is 2.71. The quantitative estimate of drug-likeness (QED) is 0.708. The molecule has 2 aromatic carbocycles. The average Bonchev–Trinajstić information content (AvgIpc) is 2.64. The number of nitrogens with one attached hydrogen (secondary N) is 1. The molecule has 0 saturated carbocycles. The van der Waals surface area contributed by atoms with Crippen LogP contribution in [0.15, 0.2) is 42.5 Å². The van der Waals surface area contributed by atoms with E-state index in [0.29, 0.717) is 30.9 Å². The van der Waals surface area contributed by atoms with E-state index >= 15 is 0 Å². The van der Waals surface area contributed by atoms with Crippen molar-refractivity contribution in [3.8, 4) is 11.5 Å². The minimum Gasteiger partial charge on any atom is -0.493 e. The first kappa shape index (κ1) is 18.8. The first-order valence-electron chi connectivity index (χ1n) is 8.34. The van der Waals surface area contributed by atoms with Crippen molar-refractivity contribution in [1.29, 1.82) is 0 Å². The molecule has 0 atom stereocenters. The maximum absolute atomic E-state index is 12.8. The second-order valence-corrected chi connectivity index (χ2v) is 5.77. The van der Waals surface area contributed by atoms with Crippen LogP contribution in [0.1, 0.15) is 24.0 Å². The molecule has 0 aromatic heterocycles. The predicted molar refractivity (Wildman–Crippen MR) is 95.6 cm³/mol. The summed E-state index contributed by atoms with van der Waals surface area (Å²) in [5.41, 5.74) is 2.10. The Morgan fingerprint density at radius 3 is 2.32 bits per heavy atom. The molecule has 134 valence electrons. The zero-order valence-electron chi connectivity index (χ0n) is 14.7. The number of benzene rings is 2. The molecule has 2 rings (SSSR count). The number of aryl methyl sites for hydroxylation is 2. The van der Waals surface area contributed by atoms with Gasteiger partial charge in [-0.15, -0.1) is 0 Å². The maximum atomic E-state index is 12.8. The van der Waals surface area contributed by atoms with Gasteiger partial charge in [-0.05, 0) is 54.7 Å². The zero-order valence-corrected chi connectivity index (χ0v) is 14.7. The molecule has 4 nitrogen and oxygen atoms in total. The summed E-state index contributed by atoms with van der Waals surface area (Å²) in [7, 11) is 3.22. The Labute approximate surface area is 148 Å². The van der Waals surface area contributed by atoms with Crippen LogP contribution in [0.3, 0.4) is 0 Å². The van der Waals surface area contributed by atoms with Gasteiger partial charge in [0.15, 0.2) is 11.5 Å². The normalized spacial score (nSPS) is 10.4. The van der Waals surface area contributed by atoms with Gasteiger partial charge >= 0.3 is 0 Å². The van der Waals surface area contributed by atoms with Gasteiger partial charge in [0, 0.05) is 13.0 Å². The minimum atomic E-state index is -0.261. The van der Waals surface area contributed by atoms with Crippen molar-refractivity contribution < 1.29 is 18.7 Å². The third-order valence-corrected chi connectivity index (χ3v) is 3.97. The van der Waals surface area contributed by atoms with E-state index in [1.807, 2.05) is 18.2 Å². The number of hydrogen-bond donors (Lipinski definition) is 1. The number of halogens is 1. The van der Waals surface area contributed by atoms with Gasteiger partial charge in [0.2, 0.25) is 5.91 Å². The van der Waals surface area contributed by atoms with E-state index in [-0.39, 0.29) is 11.7 Å². The molecular formula is C20H24FNO3. The van der Waals surface area contributed by atoms with Crippen molar-refractivity contribution in [2.45, 2.75) is 25.7 Å². The van der Waals surface area contributed by atoms with Gasteiger partial charge in [-0.25, -0.2) is 4.39 Å². The Kier molecular flexibility index (Phi) is 7.26. The highest BCUT2D eigenvalue weighted by Gasteiger charge is 2.05. The number of carbonyl (C=O) groups is 1. The summed E-state index contributed by atoms with van der Waals surface area (Å²) in [5.74, 6) is 1.17. The fourth-order valence-electron chi connectivity index (χ4n) is 2.55. The lowest BCUT2D eigenvalue weighted by atomic mass is 10.1. The topological polar surface area (TPSA) is 47.6 Å². The third kappa shape index (κ3) is 6.10. The van der Waals surface area contributed by atoms with E-state index in [1.165, 1.54) is 12.1 Å². The Balaban J connectivity index is 1.68. The van der Waals surface area contributed by atoms with Crippen LogP contribution in [-0.4, -0.2) is 26.7 Å². The van der Waals surface area contributed by atoms with Crippen molar-refractivity contribution >= 4 is 5.91 Å². The van der Waals surface area contributed by atoms with Crippen LogP contribution in [0.5, 0.6) is 11.5 Å². The molecule has 0 aliphatic heterocycles. The average molecular weight is 345 g/mol. The van der Waals surface area contributed by atoms with E-state index in [1.54, 1.807) is 26.4 Å². The first-order valence-corrected chi connectivity index (χ1v) is 8.34. The molecule has 0 radical (unpaired) electrons. The second kappa shape index (κ2) is 9.67. The molecule has 0 unspecified atom stereocenters. The smallest absolute Gasteiger partial charge is 0.220 e. The Morgan fingerprint density at radius 1 is 0.960 bits per heavy atom. The van der Waals surface area contributed by atoms with Crippen LogP contribution in [0.25, 0.3) is 0 Å². The van der Waals surface area contributed by atoms with Crippen molar-refractivity contribution in [2.24, 2.45) is 0 Å². The van der Waals surface area contributed by atoms with Gasteiger partial charge < -0.3 is 14.8 Å². The van der Waals surface area contributed by atoms with Gasteiger partial charge in [-0.2, -0.15) is 0 Å². The molecule has 0 heterocycles. The van der Waals surface area contributed by atoms with Crippen molar-refractivity contribution in [3.63, 3.8) is 0 Å². The minimum absolute atomic E-state index is 0.0108. The molecule has 0 saturated heterocycles. The molecule has 25 heavy (non-hydrogen) atoms. The zero-order chi connectivity index (χ0) is 18.1. The number of ether oxygens (including phenoxy) is 2. The van der Waals surface area contributed by atoms with Crippen LogP contribution in [0.2, 0.25) is 0 Å². The molecule has 1 N–H and O–H groups in total. The SMILES string of the molecule is COc1ccc(CCCNC(=O)CCc2ccc(F)cc2)cc1OC. The molecule has 0 aliphatic rings. The van der Waals surface area contributed by atoms with Gasteiger partial charge in [-0.1, -0.05) is 18.2 Å². The standard InChI is InChI=1S/C20H24FNO3/c1-24-18-11-7-16(14-19(18)25-2)4-3-13-22-20(23)12-8-15-5-9-17(21)10-6-15/h5-7,9-11,14H,3-4,8,12-13H2,1-2H3,(H,22,23). The van der Waals surface area contributed by atoms with Crippen LogP contribution in [0.4, 0.5) is 4.39 Å². The summed E-state index contributed by atoms with van der Waals surface area (Å²) in [5, 5.41) is 2.92. The number of hydrogen-bond acceptors (Lipinski definition) is 3. The molecular weight excluding hydrogens is 321 g/mol. The van der Waals surface area contributed by atoms with E-state index in [2.05, 4.69) is 5.32 Å². The highest BCUT2D eigenvalue weighted by atomic mass is 19.1. The van der Waals surface area contributed by atoms with Crippen molar-refractivity contribution in [1.82, 2.24) is 5.32 Å². The van der Waals surface area contributed by atoms with Gasteiger partial charge in [0.1, 0.15) is 5.82 Å². The van der Waals surface area contributed by atoms with Crippen molar-refractivity contribution in [3.05, 3.63) is 59.4 Å². The summed E-state index contributed by atoms with van der Waals surface area (Å²) in [6, 6.07) is 12.1. The predicted octanol–water partition coefficient (Wildman–Crippen LogP) is 3.52. The molecule has 1 amide bonds. The second-order valence-electron chi connectivity index (χ2n) is 5.77. The molecule has 5 heteroatoms. The van der Waals surface area contributed by atoms with Gasteiger partial charge in [-0.3, -0.25) is 4.79 Å². The molecule has 0 aliphatic carbocycles. The van der Waals surface area contributed by atoms with Crippen LogP contribution >= 0.6 is 0 Å². The van der Waals surface area contributed by atoms with Gasteiger partial charge in [0.25, 0.3) is 0 Å². The fraction of sp³-hybridized carbons (Fsp3) is 0.350. The largest absolute Gasteiger partial charge is 0.493 e. The monoisotopic (exact) mass is 345 g/mol. The Hall–Kier alpha value is -2.56. The lowest BCUT2D eigenvalue weighted by molar-refractivity contribution is -0.121. The van der Waals surface area contributed by atoms with Crippen molar-refractivity contribution in [2.75, 3.05) is 20.8 Å². The van der Waals surface area contributed by atoms with E-state index in [4.69, 9.17) is 9.47 Å². The summed E-state index contributed by atoms with van der Waals surface area (Å²) >= 11 is 0. The van der Waals surface area contributed by atoms with Crippen LogP contribution in [0, 0.1) is 5.82 Å². The lowest BCUT2D eigenvalue weighted by Gasteiger charge is -2.10. The van der Waals surface area contributed by atoms with E-state index in [0.717, 1.165) is 24.0 Å². The number of rotatable bonds is 9. The summed E-state index contributed by atoms with van der Waals surface area (Å²) < 4.78 is 23.3. The number of amides is 1. The first-order chi connectivity index (χ1) is 12.1.